The highest BCUT2D eigenvalue weighted by Crippen LogP contribution is 2.25. The number of benzene rings is 1. The topological polar surface area (TPSA) is 65.1 Å². The van der Waals surface area contributed by atoms with Gasteiger partial charge in [-0.25, -0.2) is 9.59 Å². The molecular weight excluding hydrogens is 298 g/mol. The number of methoxy groups -OCH3 is 3. The third kappa shape index (κ3) is 3.78. The van der Waals surface area contributed by atoms with Crippen LogP contribution < -0.4 is 0 Å². The first-order valence-corrected chi connectivity index (χ1v) is 7.03. The van der Waals surface area contributed by atoms with Crippen LogP contribution in [0.5, 0.6) is 0 Å². The van der Waals surface area contributed by atoms with Crippen LogP contribution in [-0.2, 0) is 30.3 Å². The van der Waals surface area contributed by atoms with Crippen LogP contribution in [0.25, 0.3) is 0 Å². The Labute approximate surface area is 134 Å². The number of rotatable bonds is 5. The lowest BCUT2D eigenvalue weighted by Crippen LogP contribution is -2.34. The quantitative estimate of drug-likeness (QED) is 0.769. The fourth-order valence-electron chi connectivity index (χ4n) is 2.39. The van der Waals surface area contributed by atoms with Gasteiger partial charge < -0.3 is 19.1 Å². The molecule has 0 N–H and O–H groups in total. The zero-order valence-corrected chi connectivity index (χ0v) is 13.3. The smallest absolute Gasteiger partial charge is 0.338 e. The van der Waals surface area contributed by atoms with Crippen LogP contribution in [-0.4, -0.2) is 44.3 Å². The summed E-state index contributed by atoms with van der Waals surface area (Å²) in [4.78, 5) is 25.8. The molecule has 6 nitrogen and oxygen atoms in total. The molecule has 0 unspecified atom stereocenters. The maximum absolute atomic E-state index is 12.0. The van der Waals surface area contributed by atoms with Crippen LogP contribution in [0.15, 0.2) is 53.9 Å². The van der Waals surface area contributed by atoms with Gasteiger partial charge in [0.25, 0.3) is 0 Å². The summed E-state index contributed by atoms with van der Waals surface area (Å²) in [6.07, 6.45) is 2.43. The minimum absolute atomic E-state index is 0.244. The van der Waals surface area contributed by atoms with Gasteiger partial charge in [0.1, 0.15) is 6.10 Å². The highest BCUT2D eigenvalue weighted by molar-refractivity contribution is 5.97. The minimum atomic E-state index is -0.818. The zero-order valence-electron chi connectivity index (χ0n) is 13.3. The van der Waals surface area contributed by atoms with E-state index in [1.807, 2.05) is 30.3 Å². The fourth-order valence-corrected chi connectivity index (χ4v) is 2.39. The third-order valence-electron chi connectivity index (χ3n) is 3.46. The maximum Gasteiger partial charge on any atom is 0.338 e. The van der Waals surface area contributed by atoms with E-state index in [0.29, 0.717) is 6.54 Å². The highest BCUT2D eigenvalue weighted by Gasteiger charge is 2.34. The summed E-state index contributed by atoms with van der Waals surface area (Å²) >= 11 is 0. The summed E-state index contributed by atoms with van der Waals surface area (Å²) in [6.45, 7) is 0.498. The Morgan fingerprint density at radius 2 is 1.48 bits per heavy atom. The Morgan fingerprint density at radius 3 is 1.91 bits per heavy atom. The van der Waals surface area contributed by atoms with E-state index in [0.717, 1.165) is 5.56 Å². The molecule has 0 fully saturated rings. The summed E-state index contributed by atoms with van der Waals surface area (Å²) in [7, 11) is 3.99. The number of carbonyl (C=O) groups is 2. The number of nitrogens with zero attached hydrogens (tertiary/aromatic N) is 1. The molecule has 122 valence electrons. The van der Waals surface area contributed by atoms with Gasteiger partial charge in [-0.15, -0.1) is 0 Å². The average molecular weight is 317 g/mol. The normalized spacial score (nSPS) is 14.8. The van der Waals surface area contributed by atoms with Crippen molar-refractivity contribution >= 4 is 11.9 Å². The van der Waals surface area contributed by atoms with E-state index < -0.39 is 18.0 Å². The minimum Gasteiger partial charge on any atom is -0.466 e. The molecular formula is C17H19NO5. The molecule has 1 aliphatic heterocycles. The van der Waals surface area contributed by atoms with E-state index in [9.17, 15) is 9.59 Å². The number of esters is 2. The second-order valence-electron chi connectivity index (χ2n) is 4.93. The van der Waals surface area contributed by atoms with Crippen molar-refractivity contribution in [2.75, 3.05) is 21.3 Å². The van der Waals surface area contributed by atoms with Crippen LogP contribution in [0.4, 0.5) is 0 Å². The average Bonchev–Trinajstić information content (AvgIpc) is 2.60. The van der Waals surface area contributed by atoms with Gasteiger partial charge in [-0.2, -0.15) is 0 Å². The molecule has 0 radical (unpaired) electrons. The summed E-state index contributed by atoms with van der Waals surface area (Å²) in [6, 6.07) is 9.69. The monoisotopic (exact) mass is 317 g/mol. The van der Waals surface area contributed by atoms with E-state index in [1.54, 1.807) is 17.3 Å². The molecule has 1 aromatic carbocycles. The summed E-state index contributed by atoms with van der Waals surface area (Å²) in [5, 5.41) is 0. The predicted molar refractivity (Wildman–Crippen MR) is 83.0 cm³/mol. The molecule has 0 saturated carbocycles. The number of carbonyl (C=O) groups excluding carboxylic acids is 2. The van der Waals surface area contributed by atoms with Crippen molar-refractivity contribution in [3.63, 3.8) is 0 Å². The predicted octanol–water partition coefficient (Wildman–Crippen LogP) is 1.63. The molecule has 2 rings (SSSR count). The molecule has 0 bridgehead atoms. The molecule has 6 heteroatoms. The SMILES string of the molecule is COC(=O)C1=CN(Cc2ccccc2)C=C(C(=O)OC)C1OC. The Balaban J connectivity index is 2.37. The highest BCUT2D eigenvalue weighted by atomic mass is 16.5. The Morgan fingerprint density at radius 1 is 0.957 bits per heavy atom. The molecule has 23 heavy (non-hydrogen) atoms. The van der Waals surface area contributed by atoms with E-state index in [2.05, 4.69) is 0 Å². The Hall–Kier alpha value is -2.60. The first kappa shape index (κ1) is 16.8. The largest absolute Gasteiger partial charge is 0.466 e. The summed E-state index contributed by atoms with van der Waals surface area (Å²) in [5.74, 6) is -1.10. The fraction of sp³-hybridized carbons (Fsp3) is 0.294. The standard InChI is InChI=1S/C17H19NO5/c1-21-15-13(16(19)22-2)10-18(11-14(15)17(20)23-3)9-12-7-5-4-6-8-12/h4-8,10-11,15H,9H2,1-3H3. The third-order valence-corrected chi connectivity index (χ3v) is 3.46. The van der Waals surface area contributed by atoms with Crippen LogP contribution in [0.3, 0.4) is 0 Å². The molecule has 0 aromatic heterocycles. The van der Waals surface area contributed by atoms with Crippen molar-refractivity contribution in [2.45, 2.75) is 12.6 Å². The van der Waals surface area contributed by atoms with E-state index >= 15 is 0 Å². The zero-order chi connectivity index (χ0) is 16.8. The van der Waals surface area contributed by atoms with E-state index in [1.165, 1.54) is 21.3 Å². The van der Waals surface area contributed by atoms with Crippen LogP contribution in [0.1, 0.15) is 5.56 Å². The van der Waals surface area contributed by atoms with Crippen molar-refractivity contribution < 1.29 is 23.8 Å². The molecule has 1 heterocycles. The second kappa shape index (κ2) is 7.60. The lowest BCUT2D eigenvalue weighted by molar-refractivity contribution is -0.139. The lowest BCUT2D eigenvalue weighted by Gasteiger charge is -2.28. The first-order chi connectivity index (χ1) is 11.1. The molecule has 0 aliphatic carbocycles. The van der Waals surface area contributed by atoms with Gasteiger partial charge in [-0.05, 0) is 5.56 Å². The van der Waals surface area contributed by atoms with Crippen LogP contribution >= 0.6 is 0 Å². The van der Waals surface area contributed by atoms with Gasteiger partial charge in [0.05, 0.1) is 25.4 Å². The van der Waals surface area contributed by atoms with Crippen molar-refractivity contribution in [1.29, 1.82) is 0 Å². The van der Waals surface area contributed by atoms with Crippen LogP contribution in [0, 0.1) is 0 Å². The van der Waals surface area contributed by atoms with Gasteiger partial charge in [-0.3, -0.25) is 0 Å². The second-order valence-corrected chi connectivity index (χ2v) is 4.93. The molecule has 1 aromatic rings. The molecule has 1 aliphatic rings. The van der Waals surface area contributed by atoms with Crippen LogP contribution in [0.2, 0.25) is 0 Å². The van der Waals surface area contributed by atoms with Gasteiger partial charge >= 0.3 is 11.9 Å². The summed E-state index contributed by atoms with van der Waals surface area (Å²) in [5.41, 5.74) is 1.52. The van der Waals surface area contributed by atoms with Gasteiger partial charge in [0.2, 0.25) is 0 Å². The van der Waals surface area contributed by atoms with Crippen molar-refractivity contribution in [1.82, 2.24) is 4.90 Å². The molecule has 0 spiro atoms. The first-order valence-electron chi connectivity index (χ1n) is 7.03. The van der Waals surface area contributed by atoms with Crippen molar-refractivity contribution in [3.05, 3.63) is 59.4 Å². The van der Waals surface area contributed by atoms with Crippen molar-refractivity contribution in [3.8, 4) is 0 Å². The van der Waals surface area contributed by atoms with E-state index in [-0.39, 0.29) is 11.1 Å². The molecule has 0 amide bonds. The Kier molecular flexibility index (Phi) is 5.54. The molecule has 0 saturated heterocycles. The number of hydrogen-bond acceptors (Lipinski definition) is 6. The summed E-state index contributed by atoms with van der Waals surface area (Å²) < 4.78 is 14.9. The van der Waals surface area contributed by atoms with Gasteiger partial charge in [0.15, 0.2) is 0 Å². The number of hydrogen-bond donors (Lipinski definition) is 0. The maximum atomic E-state index is 12.0. The Bertz CT molecular complexity index is 602. The molecule has 0 atom stereocenters. The van der Waals surface area contributed by atoms with E-state index in [4.69, 9.17) is 14.2 Å². The lowest BCUT2D eigenvalue weighted by atomic mass is 9.99. The van der Waals surface area contributed by atoms with Gasteiger partial charge in [-0.1, -0.05) is 30.3 Å². The van der Waals surface area contributed by atoms with Crippen molar-refractivity contribution in [2.24, 2.45) is 0 Å². The number of ether oxygens (including phenoxy) is 3. The van der Waals surface area contributed by atoms with Gasteiger partial charge in [0, 0.05) is 26.1 Å².